The number of benzene rings is 2. The van der Waals surface area contributed by atoms with E-state index in [0.29, 0.717) is 49.7 Å². The largest absolute Gasteiger partial charge is 0.481 e. The number of aromatic nitrogens is 2. The van der Waals surface area contributed by atoms with Gasteiger partial charge in [-0.3, -0.25) is 4.79 Å². The molecule has 0 atom stereocenters. The third-order valence-electron chi connectivity index (χ3n) is 8.44. The molecule has 0 spiro atoms. The quantitative estimate of drug-likeness (QED) is 0.383. The van der Waals surface area contributed by atoms with Crippen LogP contribution < -0.4 is 0 Å². The third kappa shape index (κ3) is 4.47. The smallest absolute Gasteiger partial charge is 0.314 e. The van der Waals surface area contributed by atoms with Crippen molar-refractivity contribution in [2.24, 2.45) is 11.8 Å². The molecule has 0 unspecified atom stereocenters. The van der Waals surface area contributed by atoms with Crippen LogP contribution in [0.1, 0.15) is 62.6 Å². The Morgan fingerprint density at radius 1 is 0.972 bits per heavy atom. The van der Waals surface area contributed by atoms with Crippen molar-refractivity contribution in [2.75, 3.05) is 6.61 Å². The van der Waals surface area contributed by atoms with Gasteiger partial charge in [0.05, 0.1) is 17.7 Å². The highest BCUT2D eigenvalue weighted by atomic mass is 19.1. The summed E-state index contributed by atoms with van der Waals surface area (Å²) in [5, 5.41) is 10.3. The standard InChI is InChI=1S/C30H33FN2O3/c31-25-12-10-24(11-13-25)29(28(34)35)14-16-30(17-15-29,36-20-22-8-9-22)26-19-33(18-21-6-7-21)27(32-26)23-4-2-1-3-5-23/h1-5,10-13,19,21-22H,6-9,14-18,20H2,(H,34,35)/t29-,30+. The third-order valence-corrected chi connectivity index (χ3v) is 8.44. The van der Waals surface area contributed by atoms with Crippen LogP contribution in [0.15, 0.2) is 60.8 Å². The van der Waals surface area contributed by atoms with Gasteiger partial charge >= 0.3 is 5.97 Å². The van der Waals surface area contributed by atoms with Crippen LogP contribution in [0.25, 0.3) is 11.4 Å². The minimum absolute atomic E-state index is 0.355. The molecule has 6 heteroatoms. The first-order chi connectivity index (χ1) is 17.5. The summed E-state index contributed by atoms with van der Waals surface area (Å²) < 4.78 is 22.6. The number of halogens is 1. The number of ether oxygens (including phenoxy) is 1. The number of carboxylic acid groups (broad SMARTS) is 1. The van der Waals surface area contributed by atoms with Crippen molar-refractivity contribution in [3.8, 4) is 11.4 Å². The van der Waals surface area contributed by atoms with Crippen molar-refractivity contribution in [3.05, 3.63) is 77.9 Å². The Bertz CT molecular complexity index is 1220. The molecule has 3 aliphatic rings. The minimum Gasteiger partial charge on any atom is -0.481 e. The molecular formula is C30H33FN2O3. The highest BCUT2D eigenvalue weighted by Gasteiger charge is 2.51. The predicted octanol–water partition coefficient (Wildman–Crippen LogP) is 6.32. The van der Waals surface area contributed by atoms with Gasteiger partial charge in [0.2, 0.25) is 0 Å². The average molecular weight is 489 g/mol. The van der Waals surface area contributed by atoms with Crippen molar-refractivity contribution in [1.82, 2.24) is 9.55 Å². The van der Waals surface area contributed by atoms with Crippen LogP contribution in [-0.4, -0.2) is 27.2 Å². The summed E-state index contributed by atoms with van der Waals surface area (Å²) in [6, 6.07) is 16.2. The molecule has 36 heavy (non-hydrogen) atoms. The summed E-state index contributed by atoms with van der Waals surface area (Å²) >= 11 is 0. The van der Waals surface area contributed by atoms with Gasteiger partial charge in [0, 0.05) is 18.3 Å². The Kier molecular flexibility index (Phi) is 5.95. The Hall–Kier alpha value is -2.99. The highest BCUT2D eigenvalue weighted by Crippen LogP contribution is 2.50. The molecule has 1 aromatic heterocycles. The highest BCUT2D eigenvalue weighted by molar-refractivity contribution is 5.81. The molecule has 0 saturated heterocycles. The molecule has 0 amide bonds. The second-order valence-electron chi connectivity index (χ2n) is 11.1. The summed E-state index contributed by atoms with van der Waals surface area (Å²) in [4.78, 5) is 17.8. The fourth-order valence-corrected chi connectivity index (χ4v) is 5.68. The van der Waals surface area contributed by atoms with Gasteiger partial charge < -0.3 is 14.4 Å². The van der Waals surface area contributed by atoms with Gasteiger partial charge in [0.1, 0.15) is 17.2 Å². The van der Waals surface area contributed by atoms with E-state index in [2.05, 4.69) is 22.9 Å². The zero-order valence-corrected chi connectivity index (χ0v) is 20.5. The van der Waals surface area contributed by atoms with Gasteiger partial charge in [-0.15, -0.1) is 0 Å². The molecule has 0 bridgehead atoms. The molecule has 6 rings (SSSR count). The van der Waals surface area contributed by atoms with Crippen LogP contribution in [0.2, 0.25) is 0 Å². The zero-order valence-electron chi connectivity index (χ0n) is 20.5. The lowest BCUT2D eigenvalue weighted by molar-refractivity contribution is -0.151. The molecule has 188 valence electrons. The predicted molar refractivity (Wildman–Crippen MR) is 135 cm³/mol. The first-order valence-corrected chi connectivity index (χ1v) is 13.2. The maximum Gasteiger partial charge on any atom is 0.314 e. The van der Waals surface area contributed by atoms with E-state index in [1.807, 2.05) is 18.2 Å². The summed E-state index contributed by atoms with van der Waals surface area (Å²) in [6.45, 7) is 1.64. The second-order valence-corrected chi connectivity index (χ2v) is 11.1. The van der Waals surface area contributed by atoms with Crippen molar-refractivity contribution in [1.29, 1.82) is 0 Å². The van der Waals surface area contributed by atoms with Crippen LogP contribution in [0.5, 0.6) is 0 Å². The Morgan fingerprint density at radius 3 is 2.25 bits per heavy atom. The fraction of sp³-hybridized carbons (Fsp3) is 0.467. The molecule has 0 aliphatic heterocycles. The van der Waals surface area contributed by atoms with E-state index in [1.54, 1.807) is 12.1 Å². The van der Waals surface area contributed by atoms with Crippen molar-refractivity contribution in [2.45, 2.75) is 68.9 Å². The van der Waals surface area contributed by atoms with E-state index < -0.39 is 17.0 Å². The summed E-state index contributed by atoms with van der Waals surface area (Å²) in [5.74, 6) is 1.04. The Morgan fingerprint density at radius 2 is 1.64 bits per heavy atom. The molecule has 3 aliphatic carbocycles. The number of rotatable bonds is 9. The number of hydrogen-bond donors (Lipinski definition) is 1. The van der Waals surface area contributed by atoms with E-state index >= 15 is 0 Å². The lowest BCUT2D eigenvalue weighted by Gasteiger charge is -2.44. The van der Waals surface area contributed by atoms with Gasteiger partial charge in [0.15, 0.2) is 0 Å². The fourth-order valence-electron chi connectivity index (χ4n) is 5.68. The maximum absolute atomic E-state index is 13.6. The Labute approximate surface area is 211 Å². The molecule has 3 saturated carbocycles. The van der Waals surface area contributed by atoms with Gasteiger partial charge in [-0.1, -0.05) is 42.5 Å². The normalized spacial score (nSPS) is 26.1. The number of carboxylic acids is 1. The summed E-state index contributed by atoms with van der Waals surface area (Å²) in [5.41, 5.74) is 1.01. The van der Waals surface area contributed by atoms with Crippen LogP contribution in [0, 0.1) is 17.7 Å². The van der Waals surface area contributed by atoms with Crippen LogP contribution >= 0.6 is 0 Å². The van der Waals surface area contributed by atoms with E-state index in [-0.39, 0.29) is 5.82 Å². The molecule has 0 radical (unpaired) electrons. The van der Waals surface area contributed by atoms with Crippen molar-refractivity contribution in [3.63, 3.8) is 0 Å². The SMILES string of the molecule is O=C(O)[C@]1(c2ccc(F)cc2)CC[C@@](OCC2CC2)(c2cn(CC3CC3)c(-c3ccccc3)n2)CC1. The maximum atomic E-state index is 13.6. The van der Waals surface area contributed by atoms with E-state index in [4.69, 9.17) is 9.72 Å². The number of aliphatic carboxylic acids is 1. The van der Waals surface area contributed by atoms with Gasteiger partial charge in [0.25, 0.3) is 0 Å². The number of hydrogen-bond acceptors (Lipinski definition) is 3. The average Bonchev–Trinajstić information content (AvgIpc) is 3.83. The summed E-state index contributed by atoms with van der Waals surface area (Å²) in [7, 11) is 0. The lowest BCUT2D eigenvalue weighted by Crippen LogP contribution is -2.46. The molecule has 3 aromatic rings. The van der Waals surface area contributed by atoms with E-state index in [0.717, 1.165) is 23.6 Å². The van der Waals surface area contributed by atoms with Crippen LogP contribution in [0.3, 0.4) is 0 Å². The van der Waals surface area contributed by atoms with Crippen LogP contribution in [-0.2, 0) is 27.1 Å². The molecule has 2 aromatic carbocycles. The lowest BCUT2D eigenvalue weighted by atomic mass is 9.64. The number of carbonyl (C=O) groups is 1. The zero-order chi connectivity index (χ0) is 24.8. The first kappa shape index (κ1) is 23.4. The summed E-state index contributed by atoms with van der Waals surface area (Å²) in [6.07, 6.45) is 9.04. The second kappa shape index (κ2) is 9.15. The minimum atomic E-state index is -1.04. The van der Waals surface area contributed by atoms with Crippen LogP contribution in [0.4, 0.5) is 4.39 Å². The van der Waals surface area contributed by atoms with Gasteiger partial charge in [-0.05, 0) is 80.9 Å². The monoisotopic (exact) mass is 488 g/mol. The van der Waals surface area contributed by atoms with E-state index in [9.17, 15) is 14.3 Å². The topological polar surface area (TPSA) is 64.3 Å². The molecule has 1 heterocycles. The number of nitrogens with zero attached hydrogens (tertiary/aromatic N) is 2. The van der Waals surface area contributed by atoms with Crippen molar-refractivity contribution >= 4 is 5.97 Å². The molecule has 1 N–H and O–H groups in total. The molecule has 5 nitrogen and oxygen atoms in total. The molecule has 3 fully saturated rings. The first-order valence-electron chi connectivity index (χ1n) is 13.2. The number of imidazole rings is 1. The van der Waals surface area contributed by atoms with Gasteiger partial charge in [-0.2, -0.15) is 0 Å². The molecular weight excluding hydrogens is 455 g/mol. The Balaban J connectivity index is 1.35. The van der Waals surface area contributed by atoms with Gasteiger partial charge in [-0.25, -0.2) is 9.37 Å². The van der Waals surface area contributed by atoms with Crippen molar-refractivity contribution < 1.29 is 19.0 Å². The van der Waals surface area contributed by atoms with E-state index in [1.165, 1.54) is 37.8 Å².